The van der Waals surface area contributed by atoms with Gasteiger partial charge in [0.15, 0.2) is 0 Å². The Morgan fingerprint density at radius 3 is 2.79 bits per heavy atom. The van der Waals surface area contributed by atoms with Crippen LogP contribution in [0.4, 0.5) is 5.13 Å². The van der Waals surface area contributed by atoms with Crippen molar-refractivity contribution in [2.24, 2.45) is 0 Å². The first-order valence-electron chi connectivity index (χ1n) is 9.19. The Kier molecular flexibility index (Phi) is 5.02. The van der Waals surface area contributed by atoms with Gasteiger partial charge in [0.25, 0.3) is 5.91 Å². The molecule has 0 aliphatic carbocycles. The van der Waals surface area contributed by atoms with Crippen LogP contribution in [0.1, 0.15) is 41.8 Å². The molecule has 29 heavy (non-hydrogen) atoms. The number of carbonyl (C=O) groups excluding carboxylic acids is 1. The van der Waals surface area contributed by atoms with E-state index in [0.717, 1.165) is 16.3 Å². The Morgan fingerprint density at radius 1 is 1.17 bits per heavy atom. The molecule has 0 aliphatic rings. The minimum absolute atomic E-state index is 0.105. The van der Waals surface area contributed by atoms with E-state index >= 15 is 0 Å². The summed E-state index contributed by atoms with van der Waals surface area (Å²) in [7, 11) is 0. The Hall–Kier alpha value is -3.26. The van der Waals surface area contributed by atoms with Crippen LogP contribution < -0.4 is 10.1 Å². The lowest BCUT2D eigenvalue weighted by molar-refractivity contribution is 0.102. The molecular weight excluding hydrogens is 386 g/mol. The number of carbonyl (C=O) groups is 1. The lowest BCUT2D eigenvalue weighted by Gasteiger charge is -2.12. The molecule has 1 aromatic carbocycles. The van der Waals surface area contributed by atoms with Gasteiger partial charge in [0.05, 0.1) is 5.69 Å². The molecule has 0 aliphatic heterocycles. The summed E-state index contributed by atoms with van der Waals surface area (Å²) >= 11 is 1.38. The molecule has 0 bridgehead atoms. The van der Waals surface area contributed by atoms with Crippen molar-refractivity contribution < 1.29 is 9.53 Å². The number of ether oxygens (including phenoxy) is 1. The Balaban J connectivity index is 1.42. The third-order valence-corrected chi connectivity index (χ3v) is 5.45. The van der Waals surface area contributed by atoms with Gasteiger partial charge >= 0.3 is 0 Å². The number of hydrogen-bond donors (Lipinski definition) is 1. The average molecular weight is 407 g/mol. The molecule has 7 nitrogen and oxygen atoms in total. The molecule has 0 radical (unpaired) electrons. The number of rotatable bonds is 5. The maximum atomic E-state index is 12.6. The van der Waals surface area contributed by atoms with E-state index in [1.165, 1.54) is 11.3 Å². The number of anilines is 1. The van der Waals surface area contributed by atoms with Gasteiger partial charge < -0.3 is 9.14 Å². The van der Waals surface area contributed by atoms with Gasteiger partial charge in [0.2, 0.25) is 5.13 Å². The zero-order valence-electron chi connectivity index (χ0n) is 16.4. The number of nitrogens with one attached hydrogen (secondary N) is 1. The van der Waals surface area contributed by atoms with Crippen molar-refractivity contribution in [1.29, 1.82) is 0 Å². The monoisotopic (exact) mass is 407 g/mol. The standard InChI is InChI=1S/C21H21N5O2S/c1-21(2,3)19-24-25-20(29-19)23-18(27)14-7-6-8-16(11-14)28-13-15-12-26-10-5-4-9-17(26)22-15/h4-12H,13H2,1-3H3,(H,23,25,27). The van der Waals surface area contributed by atoms with Crippen LogP contribution in [0.5, 0.6) is 5.75 Å². The molecule has 3 aromatic heterocycles. The van der Waals surface area contributed by atoms with Gasteiger partial charge in [-0.25, -0.2) is 4.98 Å². The highest BCUT2D eigenvalue weighted by atomic mass is 32.1. The van der Waals surface area contributed by atoms with E-state index in [-0.39, 0.29) is 11.3 Å². The van der Waals surface area contributed by atoms with Gasteiger partial charge in [0.1, 0.15) is 23.0 Å². The number of amides is 1. The number of hydrogen-bond acceptors (Lipinski definition) is 6. The minimum atomic E-state index is -0.250. The van der Waals surface area contributed by atoms with Crippen LogP contribution in [0.3, 0.4) is 0 Å². The summed E-state index contributed by atoms with van der Waals surface area (Å²) in [6.45, 7) is 6.49. The Bertz CT molecular complexity index is 1130. The van der Waals surface area contributed by atoms with Crippen LogP contribution in [0.2, 0.25) is 0 Å². The zero-order valence-corrected chi connectivity index (χ0v) is 17.2. The molecule has 4 aromatic rings. The van der Waals surface area contributed by atoms with Crippen molar-refractivity contribution in [2.45, 2.75) is 32.8 Å². The maximum Gasteiger partial charge on any atom is 0.257 e. The van der Waals surface area contributed by atoms with Gasteiger partial charge in [-0.1, -0.05) is 44.2 Å². The summed E-state index contributed by atoms with van der Waals surface area (Å²) in [5, 5.41) is 12.4. The second-order valence-electron chi connectivity index (χ2n) is 7.63. The first-order chi connectivity index (χ1) is 13.9. The summed E-state index contributed by atoms with van der Waals surface area (Å²) in [6, 6.07) is 12.9. The predicted octanol–water partition coefficient (Wildman–Crippen LogP) is 4.31. The summed E-state index contributed by atoms with van der Waals surface area (Å²) in [5.74, 6) is 0.349. The van der Waals surface area contributed by atoms with E-state index in [1.54, 1.807) is 18.2 Å². The van der Waals surface area contributed by atoms with E-state index in [9.17, 15) is 4.79 Å². The van der Waals surface area contributed by atoms with Gasteiger partial charge in [-0.2, -0.15) is 0 Å². The molecule has 0 unspecified atom stereocenters. The lowest BCUT2D eigenvalue weighted by atomic mass is 9.98. The number of aromatic nitrogens is 4. The number of imidazole rings is 1. The molecular formula is C21H21N5O2S. The highest BCUT2D eigenvalue weighted by molar-refractivity contribution is 7.15. The van der Waals surface area contributed by atoms with E-state index in [2.05, 4.69) is 41.3 Å². The number of fused-ring (bicyclic) bond motifs is 1. The van der Waals surface area contributed by atoms with Crippen LogP contribution in [-0.4, -0.2) is 25.5 Å². The molecule has 148 valence electrons. The first-order valence-corrected chi connectivity index (χ1v) is 10.0. The van der Waals surface area contributed by atoms with Crippen LogP contribution >= 0.6 is 11.3 Å². The molecule has 0 fully saturated rings. The molecule has 0 saturated heterocycles. The lowest BCUT2D eigenvalue weighted by Crippen LogP contribution is -2.11. The van der Waals surface area contributed by atoms with Crippen molar-refractivity contribution in [2.75, 3.05) is 5.32 Å². The molecule has 1 amide bonds. The third-order valence-electron chi connectivity index (χ3n) is 4.18. The SMILES string of the molecule is CC(C)(C)c1nnc(NC(=O)c2cccc(OCc3cn4ccccc4n3)c2)s1. The molecule has 0 saturated carbocycles. The Labute approximate surface area is 172 Å². The van der Waals surface area contributed by atoms with E-state index in [1.807, 2.05) is 41.1 Å². The van der Waals surface area contributed by atoms with Crippen LogP contribution in [0.25, 0.3) is 5.65 Å². The molecule has 8 heteroatoms. The van der Waals surface area contributed by atoms with Crippen LogP contribution in [-0.2, 0) is 12.0 Å². The summed E-state index contributed by atoms with van der Waals surface area (Å²) < 4.78 is 7.77. The molecule has 0 atom stereocenters. The van der Waals surface area contributed by atoms with Gasteiger partial charge in [-0.3, -0.25) is 10.1 Å². The quantitative estimate of drug-likeness (QED) is 0.533. The minimum Gasteiger partial charge on any atom is -0.487 e. The Morgan fingerprint density at radius 2 is 2.03 bits per heavy atom. The molecule has 3 heterocycles. The smallest absolute Gasteiger partial charge is 0.257 e. The summed E-state index contributed by atoms with van der Waals surface area (Å²) in [5.41, 5.74) is 2.07. The fourth-order valence-corrected chi connectivity index (χ4v) is 3.48. The van der Waals surface area contributed by atoms with Crippen LogP contribution in [0, 0.1) is 0 Å². The van der Waals surface area contributed by atoms with E-state index in [0.29, 0.717) is 23.1 Å². The highest BCUT2D eigenvalue weighted by Crippen LogP contribution is 2.28. The topological polar surface area (TPSA) is 81.4 Å². The normalized spacial score (nSPS) is 11.6. The predicted molar refractivity (Wildman–Crippen MR) is 113 cm³/mol. The number of nitrogens with zero attached hydrogens (tertiary/aromatic N) is 4. The molecule has 4 rings (SSSR count). The number of pyridine rings is 1. The average Bonchev–Trinajstić information content (AvgIpc) is 3.33. The number of benzene rings is 1. The van der Waals surface area contributed by atoms with Crippen LogP contribution in [0.15, 0.2) is 54.9 Å². The van der Waals surface area contributed by atoms with Crippen molar-refractivity contribution >= 4 is 28.0 Å². The molecule has 1 N–H and O–H groups in total. The van der Waals surface area contributed by atoms with Gasteiger partial charge in [-0.15, -0.1) is 10.2 Å². The zero-order chi connectivity index (χ0) is 20.4. The van der Waals surface area contributed by atoms with Gasteiger partial charge in [-0.05, 0) is 30.3 Å². The summed E-state index contributed by atoms with van der Waals surface area (Å²) in [6.07, 6.45) is 3.86. The first kappa shape index (κ1) is 19.1. The van der Waals surface area contributed by atoms with E-state index in [4.69, 9.17) is 4.74 Å². The second-order valence-corrected chi connectivity index (χ2v) is 8.61. The summed E-state index contributed by atoms with van der Waals surface area (Å²) in [4.78, 5) is 17.1. The largest absolute Gasteiger partial charge is 0.487 e. The highest BCUT2D eigenvalue weighted by Gasteiger charge is 2.20. The fourth-order valence-electron chi connectivity index (χ4n) is 2.69. The van der Waals surface area contributed by atoms with Crippen molar-refractivity contribution in [3.8, 4) is 5.75 Å². The van der Waals surface area contributed by atoms with E-state index < -0.39 is 0 Å². The maximum absolute atomic E-state index is 12.6. The van der Waals surface area contributed by atoms with Crippen molar-refractivity contribution in [3.05, 3.63) is 71.1 Å². The van der Waals surface area contributed by atoms with Crippen molar-refractivity contribution in [1.82, 2.24) is 19.6 Å². The van der Waals surface area contributed by atoms with Gasteiger partial charge in [0, 0.05) is 23.4 Å². The van der Waals surface area contributed by atoms with Crippen molar-refractivity contribution in [3.63, 3.8) is 0 Å². The fraction of sp³-hybridized carbons (Fsp3) is 0.238. The molecule has 0 spiro atoms. The third kappa shape index (κ3) is 4.43. The second kappa shape index (κ2) is 7.63.